The summed E-state index contributed by atoms with van der Waals surface area (Å²) < 4.78 is 27.5. The van der Waals surface area contributed by atoms with Crippen LogP contribution in [0.3, 0.4) is 0 Å². The SMILES string of the molecule is CCCc1ccc(C2CCC(CCc3ccc(-c4cc(F)c(Cl)c(F)c4)cc3)CC2)cc1. The number of benzene rings is 3. The van der Waals surface area contributed by atoms with E-state index in [0.29, 0.717) is 11.5 Å². The van der Waals surface area contributed by atoms with Crippen molar-refractivity contribution < 1.29 is 8.78 Å². The molecular formula is C29H31ClF2. The quantitative estimate of drug-likeness (QED) is 0.313. The van der Waals surface area contributed by atoms with E-state index in [9.17, 15) is 8.78 Å². The van der Waals surface area contributed by atoms with E-state index in [0.717, 1.165) is 17.9 Å². The summed E-state index contributed by atoms with van der Waals surface area (Å²) in [6.45, 7) is 2.23. The maximum atomic E-state index is 13.7. The van der Waals surface area contributed by atoms with Gasteiger partial charge in [-0.25, -0.2) is 8.78 Å². The van der Waals surface area contributed by atoms with Gasteiger partial charge in [0.2, 0.25) is 0 Å². The number of hydrogen-bond donors (Lipinski definition) is 0. The fourth-order valence-electron chi connectivity index (χ4n) is 4.99. The summed E-state index contributed by atoms with van der Waals surface area (Å²) in [6, 6.07) is 19.9. The highest BCUT2D eigenvalue weighted by molar-refractivity contribution is 6.31. The molecular weight excluding hydrogens is 422 g/mol. The molecule has 0 radical (unpaired) electrons. The molecule has 0 spiro atoms. The number of rotatable bonds is 7. The van der Waals surface area contributed by atoms with E-state index in [1.807, 2.05) is 12.1 Å². The van der Waals surface area contributed by atoms with Crippen LogP contribution >= 0.6 is 11.6 Å². The van der Waals surface area contributed by atoms with Crippen LogP contribution in [0.25, 0.3) is 11.1 Å². The van der Waals surface area contributed by atoms with Gasteiger partial charge in [-0.3, -0.25) is 0 Å². The Morgan fingerprint density at radius 2 is 1.31 bits per heavy atom. The molecule has 0 nitrogen and oxygen atoms in total. The molecule has 3 heteroatoms. The van der Waals surface area contributed by atoms with E-state index >= 15 is 0 Å². The summed E-state index contributed by atoms with van der Waals surface area (Å²) in [6.07, 6.45) is 9.77. The molecule has 1 saturated carbocycles. The van der Waals surface area contributed by atoms with Crippen LogP contribution in [0.15, 0.2) is 60.7 Å². The molecule has 1 aliphatic carbocycles. The van der Waals surface area contributed by atoms with Crippen LogP contribution in [-0.2, 0) is 12.8 Å². The zero-order chi connectivity index (χ0) is 22.5. The Morgan fingerprint density at radius 3 is 1.91 bits per heavy atom. The third kappa shape index (κ3) is 5.59. The van der Waals surface area contributed by atoms with Crippen molar-refractivity contribution in [3.05, 3.63) is 94.0 Å². The van der Waals surface area contributed by atoms with Crippen LogP contribution in [-0.4, -0.2) is 0 Å². The fourth-order valence-corrected chi connectivity index (χ4v) is 5.10. The first-order valence-electron chi connectivity index (χ1n) is 11.9. The summed E-state index contributed by atoms with van der Waals surface area (Å²) in [5.41, 5.74) is 5.54. The maximum absolute atomic E-state index is 13.7. The second-order valence-corrected chi connectivity index (χ2v) is 9.58. The molecule has 0 N–H and O–H groups in total. The van der Waals surface area contributed by atoms with Gasteiger partial charge < -0.3 is 0 Å². The number of halogens is 3. The molecule has 0 aromatic heterocycles. The third-order valence-corrected chi connectivity index (χ3v) is 7.31. The molecule has 3 aromatic rings. The minimum absolute atomic E-state index is 0.450. The lowest BCUT2D eigenvalue weighted by molar-refractivity contribution is 0.310. The molecule has 0 unspecified atom stereocenters. The predicted molar refractivity (Wildman–Crippen MR) is 130 cm³/mol. The molecule has 0 aliphatic heterocycles. The molecule has 0 saturated heterocycles. The summed E-state index contributed by atoms with van der Waals surface area (Å²) in [4.78, 5) is 0. The Hall–Kier alpha value is -2.19. The maximum Gasteiger partial charge on any atom is 0.145 e. The highest BCUT2D eigenvalue weighted by atomic mass is 35.5. The molecule has 0 heterocycles. The lowest BCUT2D eigenvalue weighted by Crippen LogP contribution is -2.14. The minimum Gasteiger partial charge on any atom is -0.205 e. The van der Waals surface area contributed by atoms with E-state index in [-0.39, 0.29) is 0 Å². The summed E-state index contributed by atoms with van der Waals surface area (Å²) in [7, 11) is 0. The first-order valence-corrected chi connectivity index (χ1v) is 12.2. The van der Waals surface area contributed by atoms with Gasteiger partial charge in [0.05, 0.1) is 0 Å². The van der Waals surface area contributed by atoms with Crippen LogP contribution < -0.4 is 0 Å². The Morgan fingerprint density at radius 1 is 0.750 bits per heavy atom. The first kappa shape index (κ1) is 23.0. The standard InChI is InChI=1S/C29H31ClF2/c1-2-3-20-6-12-23(13-7-20)24-14-8-21(9-15-24)4-5-22-10-16-25(17-11-22)26-18-27(31)29(30)28(32)19-26/h6-7,10-13,16-19,21,24H,2-5,8-9,14-15H2,1H3. The smallest absolute Gasteiger partial charge is 0.145 e. The zero-order valence-corrected chi connectivity index (χ0v) is 19.5. The van der Waals surface area contributed by atoms with Gasteiger partial charge in [-0.05, 0) is 96.7 Å². The lowest BCUT2D eigenvalue weighted by atomic mass is 9.77. The van der Waals surface area contributed by atoms with Gasteiger partial charge >= 0.3 is 0 Å². The van der Waals surface area contributed by atoms with E-state index < -0.39 is 16.7 Å². The van der Waals surface area contributed by atoms with Crippen molar-refractivity contribution in [3.63, 3.8) is 0 Å². The van der Waals surface area contributed by atoms with Crippen LogP contribution in [0.4, 0.5) is 8.78 Å². The topological polar surface area (TPSA) is 0 Å². The fraction of sp³-hybridized carbons (Fsp3) is 0.379. The van der Waals surface area contributed by atoms with Gasteiger partial charge in [0.15, 0.2) is 0 Å². The van der Waals surface area contributed by atoms with Crippen molar-refractivity contribution in [1.29, 1.82) is 0 Å². The average molecular weight is 453 g/mol. The van der Waals surface area contributed by atoms with Gasteiger partial charge in [-0.1, -0.05) is 73.5 Å². The van der Waals surface area contributed by atoms with Crippen molar-refractivity contribution in [1.82, 2.24) is 0 Å². The van der Waals surface area contributed by atoms with Crippen molar-refractivity contribution in [2.75, 3.05) is 0 Å². The summed E-state index contributed by atoms with van der Waals surface area (Å²) in [5, 5.41) is -0.450. The molecule has 3 aromatic carbocycles. The normalized spacial score (nSPS) is 18.6. The first-order chi connectivity index (χ1) is 15.5. The number of aryl methyl sites for hydroxylation is 2. The molecule has 1 aliphatic rings. The second kappa shape index (κ2) is 10.6. The Bertz CT molecular complexity index is 993. The van der Waals surface area contributed by atoms with Crippen molar-refractivity contribution in [2.45, 2.75) is 64.2 Å². The van der Waals surface area contributed by atoms with Crippen molar-refractivity contribution in [2.24, 2.45) is 5.92 Å². The van der Waals surface area contributed by atoms with E-state index in [1.165, 1.54) is 73.8 Å². The van der Waals surface area contributed by atoms with E-state index in [4.69, 9.17) is 11.6 Å². The van der Waals surface area contributed by atoms with Crippen molar-refractivity contribution >= 4 is 11.6 Å². The highest BCUT2D eigenvalue weighted by Crippen LogP contribution is 2.37. The molecule has 0 atom stereocenters. The Labute approximate surface area is 195 Å². The average Bonchev–Trinajstić information content (AvgIpc) is 2.82. The molecule has 1 fully saturated rings. The van der Waals surface area contributed by atoms with Gasteiger partial charge in [0.1, 0.15) is 16.7 Å². The molecule has 32 heavy (non-hydrogen) atoms. The van der Waals surface area contributed by atoms with Gasteiger partial charge in [-0.15, -0.1) is 0 Å². The molecule has 0 amide bonds. The van der Waals surface area contributed by atoms with Crippen LogP contribution in [0.1, 0.15) is 68.1 Å². The van der Waals surface area contributed by atoms with Crippen molar-refractivity contribution in [3.8, 4) is 11.1 Å². The zero-order valence-electron chi connectivity index (χ0n) is 18.7. The van der Waals surface area contributed by atoms with Gasteiger partial charge in [0, 0.05) is 0 Å². The van der Waals surface area contributed by atoms with Crippen LogP contribution in [0.5, 0.6) is 0 Å². The Kier molecular flexibility index (Phi) is 7.63. The largest absolute Gasteiger partial charge is 0.205 e. The second-order valence-electron chi connectivity index (χ2n) is 9.20. The van der Waals surface area contributed by atoms with E-state index in [2.05, 4.69) is 43.3 Å². The van der Waals surface area contributed by atoms with E-state index in [1.54, 1.807) is 0 Å². The predicted octanol–water partition coefficient (Wildman–Crippen LogP) is 9.14. The van der Waals surface area contributed by atoms with Gasteiger partial charge in [0.25, 0.3) is 0 Å². The monoisotopic (exact) mass is 452 g/mol. The lowest BCUT2D eigenvalue weighted by Gasteiger charge is -2.29. The third-order valence-electron chi connectivity index (χ3n) is 6.95. The summed E-state index contributed by atoms with van der Waals surface area (Å²) >= 11 is 5.59. The minimum atomic E-state index is -0.724. The Balaban J connectivity index is 1.27. The van der Waals surface area contributed by atoms with Gasteiger partial charge in [-0.2, -0.15) is 0 Å². The summed E-state index contributed by atoms with van der Waals surface area (Å²) in [5.74, 6) is 0.0441. The molecule has 0 bridgehead atoms. The molecule has 4 rings (SSSR count). The molecule has 168 valence electrons. The number of hydrogen-bond acceptors (Lipinski definition) is 0. The van der Waals surface area contributed by atoms with Crippen LogP contribution in [0.2, 0.25) is 5.02 Å². The van der Waals surface area contributed by atoms with Crippen LogP contribution in [0, 0.1) is 17.6 Å². The highest BCUT2D eigenvalue weighted by Gasteiger charge is 2.22.